The molecular formula is C14H14BrNS. The molecule has 2 N–H and O–H groups in total. The zero-order valence-corrected chi connectivity index (χ0v) is 11.8. The van der Waals surface area contributed by atoms with E-state index in [1.54, 1.807) is 0 Å². The highest BCUT2D eigenvalue weighted by Crippen LogP contribution is 2.42. The molecule has 1 aliphatic rings. The fraction of sp³-hybridized carbons (Fsp3) is 0.286. The molecular weight excluding hydrogens is 294 g/mol. The molecule has 0 bridgehead atoms. The Bertz CT molecular complexity index is 531. The van der Waals surface area contributed by atoms with Gasteiger partial charge in [-0.1, -0.05) is 28.1 Å². The number of rotatable bonds is 3. The van der Waals surface area contributed by atoms with Crippen molar-refractivity contribution in [3.63, 3.8) is 0 Å². The van der Waals surface area contributed by atoms with E-state index in [-0.39, 0.29) is 6.04 Å². The first-order chi connectivity index (χ1) is 8.24. The normalized spacial score (nSPS) is 17.1. The van der Waals surface area contributed by atoms with Crippen LogP contribution in [0.1, 0.15) is 23.8 Å². The van der Waals surface area contributed by atoms with Crippen LogP contribution in [0.25, 0.3) is 10.4 Å². The third kappa shape index (κ3) is 2.46. The number of benzene rings is 1. The smallest absolute Gasteiger partial charge is 0.0418 e. The van der Waals surface area contributed by atoms with Crippen molar-refractivity contribution in [1.29, 1.82) is 0 Å². The summed E-state index contributed by atoms with van der Waals surface area (Å²) in [6, 6.07) is 13.0. The molecule has 0 radical (unpaired) electrons. The van der Waals surface area contributed by atoms with Gasteiger partial charge in [-0.3, -0.25) is 0 Å². The molecule has 1 aliphatic carbocycles. The highest BCUT2D eigenvalue weighted by Gasteiger charge is 2.30. The Morgan fingerprint density at radius 3 is 2.76 bits per heavy atom. The van der Waals surface area contributed by atoms with Crippen LogP contribution in [-0.4, -0.2) is 0 Å². The van der Waals surface area contributed by atoms with Gasteiger partial charge in [-0.2, -0.15) is 0 Å². The number of hydrogen-bond acceptors (Lipinski definition) is 2. The Hall–Kier alpha value is -0.640. The van der Waals surface area contributed by atoms with Gasteiger partial charge in [0, 0.05) is 20.3 Å². The van der Waals surface area contributed by atoms with E-state index in [9.17, 15) is 0 Å². The van der Waals surface area contributed by atoms with Gasteiger partial charge in [-0.15, -0.1) is 11.3 Å². The van der Waals surface area contributed by atoms with E-state index >= 15 is 0 Å². The summed E-state index contributed by atoms with van der Waals surface area (Å²) in [5.74, 6) is 0.726. The number of thiophene rings is 1. The van der Waals surface area contributed by atoms with Gasteiger partial charge in [-0.25, -0.2) is 0 Å². The lowest BCUT2D eigenvalue weighted by atomic mass is 10.1. The van der Waals surface area contributed by atoms with Crippen LogP contribution in [0.3, 0.4) is 0 Å². The second kappa shape index (κ2) is 4.56. The summed E-state index contributed by atoms with van der Waals surface area (Å²) >= 11 is 5.33. The van der Waals surface area contributed by atoms with E-state index in [0.29, 0.717) is 0 Å². The maximum Gasteiger partial charge on any atom is 0.0418 e. The first kappa shape index (κ1) is 11.5. The molecule has 1 fully saturated rings. The van der Waals surface area contributed by atoms with Crippen molar-refractivity contribution in [3.8, 4) is 10.4 Å². The average molecular weight is 308 g/mol. The van der Waals surface area contributed by atoms with Gasteiger partial charge >= 0.3 is 0 Å². The lowest BCUT2D eigenvalue weighted by molar-refractivity contribution is 0.645. The third-order valence-electron chi connectivity index (χ3n) is 3.19. The number of halogens is 1. The highest BCUT2D eigenvalue weighted by molar-refractivity contribution is 9.10. The zero-order chi connectivity index (χ0) is 11.8. The summed E-state index contributed by atoms with van der Waals surface area (Å²) in [6.07, 6.45) is 2.59. The Morgan fingerprint density at radius 2 is 2.06 bits per heavy atom. The molecule has 88 valence electrons. The number of nitrogens with two attached hydrogens (primary N) is 1. The summed E-state index contributed by atoms with van der Waals surface area (Å²) in [5, 5.41) is 0. The second-order valence-corrected chi connectivity index (χ2v) is 6.61. The summed E-state index contributed by atoms with van der Waals surface area (Å²) in [5.41, 5.74) is 7.49. The van der Waals surface area contributed by atoms with Gasteiger partial charge in [0.15, 0.2) is 0 Å². The van der Waals surface area contributed by atoms with Crippen LogP contribution in [0.4, 0.5) is 0 Å². The topological polar surface area (TPSA) is 26.0 Å². The molecule has 1 aromatic carbocycles. The maximum absolute atomic E-state index is 6.22. The van der Waals surface area contributed by atoms with Crippen molar-refractivity contribution in [2.75, 3.05) is 0 Å². The lowest BCUT2D eigenvalue weighted by Crippen LogP contribution is -2.10. The van der Waals surface area contributed by atoms with E-state index in [4.69, 9.17) is 5.73 Å². The molecule has 1 heterocycles. The van der Waals surface area contributed by atoms with Crippen LogP contribution in [0.5, 0.6) is 0 Å². The summed E-state index contributed by atoms with van der Waals surface area (Å²) < 4.78 is 1.12. The van der Waals surface area contributed by atoms with E-state index in [0.717, 1.165) is 10.4 Å². The summed E-state index contributed by atoms with van der Waals surface area (Å²) in [7, 11) is 0. The quantitative estimate of drug-likeness (QED) is 0.882. The highest BCUT2D eigenvalue weighted by atomic mass is 79.9. The molecule has 1 atom stereocenters. The van der Waals surface area contributed by atoms with Crippen molar-refractivity contribution >= 4 is 27.3 Å². The molecule has 1 nitrogen and oxygen atoms in total. The molecule has 3 heteroatoms. The standard InChI is InChI=1S/C14H14BrNS/c15-11-3-1-2-10(8-11)12-6-7-13(17-12)14(16)9-4-5-9/h1-3,6-9,14H,4-5,16H2. The van der Waals surface area contributed by atoms with Crippen LogP contribution in [0.2, 0.25) is 0 Å². The predicted molar refractivity (Wildman–Crippen MR) is 77.1 cm³/mol. The molecule has 1 unspecified atom stereocenters. The van der Waals surface area contributed by atoms with E-state index in [1.807, 2.05) is 17.4 Å². The minimum atomic E-state index is 0.251. The molecule has 2 aromatic rings. The first-order valence-corrected chi connectivity index (χ1v) is 7.46. The van der Waals surface area contributed by atoms with Gasteiger partial charge < -0.3 is 5.73 Å². The van der Waals surface area contributed by atoms with Crippen LogP contribution < -0.4 is 5.73 Å². The SMILES string of the molecule is NC(c1ccc(-c2cccc(Br)c2)s1)C1CC1. The van der Waals surface area contributed by atoms with E-state index < -0.39 is 0 Å². The minimum absolute atomic E-state index is 0.251. The van der Waals surface area contributed by atoms with Gasteiger partial charge in [0.05, 0.1) is 0 Å². The molecule has 3 rings (SSSR count). The number of hydrogen-bond donors (Lipinski definition) is 1. The third-order valence-corrected chi connectivity index (χ3v) is 4.92. The molecule has 0 spiro atoms. The van der Waals surface area contributed by atoms with Crippen LogP contribution >= 0.6 is 27.3 Å². The molecule has 0 aliphatic heterocycles. The van der Waals surface area contributed by atoms with E-state index in [1.165, 1.54) is 28.2 Å². The van der Waals surface area contributed by atoms with Crippen LogP contribution in [0, 0.1) is 5.92 Å². The van der Waals surface area contributed by atoms with Crippen molar-refractivity contribution in [2.45, 2.75) is 18.9 Å². The Morgan fingerprint density at radius 1 is 1.24 bits per heavy atom. The lowest BCUT2D eigenvalue weighted by Gasteiger charge is -2.06. The summed E-state index contributed by atoms with van der Waals surface area (Å²) in [6.45, 7) is 0. The zero-order valence-electron chi connectivity index (χ0n) is 9.40. The van der Waals surface area contributed by atoms with Crippen LogP contribution in [0.15, 0.2) is 40.9 Å². The average Bonchev–Trinajstić information content (AvgIpc) is 3.05. The van der Waals surface area contributed by atoms with Crippen molar-refractivity contribution in [3.05, 3.63) is 45.7 Å². The monoisotopic (exact) mass is 307 g/mol. The molecule has 17 heavy (non-hydrogen) atoms. The fourth-order valence-electron chi connectivity index (χ4n) is 2.02. The van der Waals surface area contributed by atoms with Gasteiger partial charge in [-0.05, 0) is 48.6 Å². The Balaban J connectivity index is 1.89. The Kier molecular flexibility index (Phi) is 3.07. The van der Waals surface area contributed by atoms with Gasteiger partial charge in [0.25, 0.3) is 0 Å². The molecule has 0 saturated heterocycles. The predicted octanol–water partition coefficient (Wildman–Crippen LogP) is 4.59. The van der Waals surface area contributed by atoms with Crippen molar-refractivity contribution in [2.24, 2.45) is 11.7 Å². The van der Waals surface area contributed by atoms with Crippen LogP contribution in [-0.2, 0) is 0 Å². The minimum Gasteiger partial charge on any atom is -0.323 e. The maximum atomic E-state index is 6.22. The summed E-state index contributed by atoms with van der Waals surface area (Å²) in [4.78, 5) is 2.62. The van der Waals surface area contributed by atoms with Crippen molar-refractivity contribution < 1.29 is 0 Å². The largest absolute Gasteiger partial charge is 0.323 e. The molecule has 0 amide bonds. The van der Waals surface area contributed by atoms with Gasteiger partial charge in [0.1, 0.15) is 0 Å². The Labute approximate surface area is 114 Å². The first-order valence-electron chi connectivity index (χ1n) is 5.85. The van der Waals surface area contributed by atoms with E-state index in [2.05, 4.69) is 46.3 Å². The second-order valence-electron chi connectivity index (χ2n) is 4.58. The van der Waals surface area contributed by atoms with Gasteiger partial charge in [0.2, 0.25) is 0 Å². The molecule has 1 saturated carbocycles. The molecule has 1 aromatic heterocycles. The fourth-order valence-corrected chi connectivity index (χ4v) is 3.52. The van der Waals surface area contributed by atoms with Crippen molar-refractivity contribution in [1.82, 2.24) is 0 Å².